The Bertz CT molecular complexity index is 1040. The highest BCUT2D eigenvalue weighted by molar-refractivity contribution is 6.09. The summed E-state index contributed by atoms with van der Waals surface area (Å²) in [5.74, 6) is 0.975. The van der Waals surface area contributed by atoms with E-state index in [4.69, 9.17) is 4.74 Å². The zero-order chi connectivity index (χ0) is 19.7. The van der Waals surface area contributed by atoms with E-state index in [1.807, 2.05) is 26.0 Å². The van der Waals surface area contributed by atoms with Gasteiger partial charge in [0, 0.05) is 23.1 Å². The van der Waals surface area contributed by atoms with Crippen LogP contribution in [0.25, 0.3) is 0 Å². The topological polar surface area (TPSA) is 80.3 Å². The van der Waals surface area contributed by atoms with Crippen LogP contribution in [0.1, 0.15) is 29.8 Å². The van der Waals surface area contributed by atoms with E-state index >= 15 is 0 Å². The molecular weight excluding hydrogens is 354 g/mol. The first-order chi connectivity index (χ1) is 13.4. The van der Waals surface area contributed by atoms with Gasteiger partial charge in [-0.3, -0.25) is 14.6 Å². The molecule has 1 aromatic heterocycles. The molecule has 2 N–H and O–H groups in total. The highest BCUT2D eigenvalue weighted by Crippen LogP contribution is 2.37. The molecule has 3 aromatic rings. The standard InChI is InChI=1S/C22H19N3O3/c1-22(2)18-10-5-14(12-19(18)25-21(22)27)20(26)24-15-6-8-16(9-7-15)28-17-4-3-11-23-13-17/h3-13H,1-2H3,(H,24,26)(H,25,27). The first-order valence-corrected chi connectivity index (χ1v) is 8.89. The van der Waals surface area contributed by atoms with Crippen LogP contribution in [0.15, 0.2) is 67.0 Å². The number of hydrogen-bond donors (Lipinski definition) is 2. The van der Waals surface area contributed by atoms with Crippen LogP contribution in [0.2, 0.25) is 0 Å². The molecule has 2 aromatic carbocycles. The molecule has 6 nitrogen and oxygen atoms in total. The van der Waals surface area contributed by atoms with E-state index in [0.29, 0.717) is 28.4 Å². The smallest absolute Gasteiger partial charge is 0.255 e. The Balaban J connectivity index is 1.46. The molecule has 0 radical (unpaired) electrons. The summed E-state index contributed by atoms with van der Waals surface area (Å²) in [6.07, 6.45) is 3.31. The molecule has 2 heterocycles. The molecule has 0 atom stereocenters. The van der Waals surface area contributed by atoms with E-state index in [9.17, 15) is 9.59 Å². The van der Waals surface area contributed by atoms with Gasteiger partial charge in [0.25, 0.3) is 5.91 Å². The Morgan fingerprint density at radius 2 is 1.86 bits per heavy atom. The Hall–Kier alpha value is -3.67. The summed E-state index contributed by atoms with van der Waals surface area (Å²) in [4.78, 5) is 28.6. The van der Waals surface area contributed by atoms with Crippen molar-refractivity contribution < 1.29 is 14.3 Å². The normalized spacial score (nSPS) is 14.1. The lowest BCUT2D eigenvalue weighted by molar-refractivity contribution is -0.119. The number of pyridine rings is 1. The lowest BCUT2D eigenvalue weighted by Gasteiger charge is -2.15. The number of nitrogens with zero attached hydrogens (tertiary/aromatic N) is 1. The second-order valence-electron chi connectivity index (χ2n) is 7.11. The number of hydrogen-bond acceptors (Lipinski definition) is 4. The number of carbonyl (C=O) groups is 2. The number of ether oxygens (including phenoxy) is 1. The lowest BCUT2D eigenvalue weighted by atomic mass is 9.86. The number of carbonyl (C=O) groups excluding carboxylic acids is 2. The zero-order valence-corrected chi connectivity index (χ0v) is 15.5. The van der Waals surface area contributed by atoms with E-state index < -0.39 is 5.41 Å². The maximum Gasteiger partial charge on any atom is 0.255 e. The molecule has 0 aliphatic carbocycles. The molecule has 1 aliphatic rings. The van der Waals surface area contributed by atoms with Gasteiger partial charge in [-0.15, -0.1) is 0 Å². The maximum atomic E-state index is 12.6. The fourth-order valence-corrected chi connectivity index (χ4v) is 3.09. The van der Waals surface area contributed by atoms with Gasteiger partial charge in [-0.2, -0.15) is 0 Å². The fraction of sp³-hybridized carbons (Fsp3) is 0.136. The molecule has 0 unspecified atom stereocenters. The molecule has 1 aliphatic heterocycles. The Morgan fingerprint density at radius 1 is 1.07 bits per heavy atom. The number of amides is 2. The summed E-state index contributed by atoms with van der Waals surface area (Å²) in [6, 6.07) is 16.0. The van der Waals surface area contributed by atoms with Gasteiger partial charge in [-0.25, -0.2) is 0 Å². The van der Waals surface area contributed by atoms with Crippen molar-refractivity contribution in [1.29, 1.82) is 0 Å². The van der Waals surface area contributed by atoms with Gasteiger partial charge >= 0.3 is 0 Å². The van der Waals surface area contributed by atoms with Crippen LogP contribution in [-0.2, 0) is 10.2 Å². The van der Waals surface area contributed by atoms with Gasteiger partial charge in [0.2, 0.25) is 5.91 Å². The minimum atomic E-state index is -0.589. The van der Waals surface area contributed by atoms with Crippen molar-refractivity contribution >= 4 is 23.2 Å². The third-order valence-corrected chi connectivity index (χ3v) is 4.75. The third-order valence-electron chi connectivity index (χ3n) is 4.75. The number of anilines is 2. The van der Waals surface area contributed by atoms with Crippen LogP contribution in [0.5, 0.6) is 11.5 Å². The van der Waals surface area contributed by atoms with Crippen molar-refractivity contribution in [3.8, 4) is 11.5 Å². The predicted molar refractivity (Wildman–Crippen MR) is 107 cm³/mol. The molecule has 6 heteroatoms. The van der Waals surface area contributed by atoms with Crippen molar-refractivity contribution in [3.63, 3.8) is 0 Å². The lowest BCUT2D eigenvalue weighted by Crippen LogP contribution is -2.26. The van der Waals surface area contributed by atoms with Gasteiger partial charge in [0.1, 0.15) is 11.5 Å². The Labute approximate surface area is 162 Å². The van der Waals surface area contributed by atoms with Crippen molar-refractivity contribution in [1.82, 2.24) is 4.98 Å². The van der Waals surface area contributed by atoms with Crippen LogP contribution in [0.4, 0.5) is 11.4 Å². The molecular formula is C22H19N3O3. The number of aromatic nitrogens is 1. The first-order valence-electron chi connectivity index (χ1n) is 8.89. The van der Waals surface area contributed by atoms with E-state index in [1.165, 1.54) is 0 Å². The summed E-state index contributed by atoms with van der Waals surface area (Å²) >= 11 is 0. The summed E-state index contributed by atoms with van der Waals surface area (Å²) in [7, 11) is 0. The molecule has 4 rings (SSSR count). The average Bonchev–Trinajstić information content (AvgIpc) is 2.92. The highest BCUT2D eigenvalue weighted by atomic mass is 16.5. The molecule has 28 heavy (non-hydrogen) atoms. The van der Waals surface area contributed by atoms with Gasteiger partial charge in [-0.05, 0) is 67.9 Å². The SMILES string of the molecule is CC1(C)C(=O)Nc2cc(C(=O)Nc3ccc(Oc4cccnc4)cc3)ccc21. The second kappa shape index (κ2) is 6.81. The molecule has 0 spiro atoms. The van der Waals surface area contributed by atoms with Crippen molar-refractivity contribution in [2.75, 3.05) is 10.6 Å². The predicted octanol–water partition coefficient (Wildman–Crippen LogP) is 4.36. The number of rotatable bonds is 4. The average molecular weight is 373 g/mol. The Kier molecular flexibility index (Phi) is 4.31. The van der Waals surface area contributed by atoms with Gasteiger partial charge in [-0.1, -0.05) is 6.07 Å². The van der Waals surface area contributed by atoms with Crippen LogP contribution < -0.4 is 15.4 Å². The Morgan fingerprint density at radius 3 is 2.57 bits per heavy atom. The monoisotopic (exact) mass is 373 g/mol. The second-order valence-corrected chi connectivity index (χ2v) is 7.11. The van der Waals surface area contributed by atoms with E-state index in [1.54, 1.807) is 54.9 Å². The summed E-state index contributed by atoms with van der Waals surface area (Å²) in [5.41, 5.74) is 2.11. The molecule has 0 fully saturated rings. The van der Waals surface area contributed by atoms with E-state index in [2.05, 4.69) is 15.6 Å². The summed E-state index contributed by atoms with van der Waals surface area (Å²) in [6.45, 7) is 3.73. The van der Waals surface area contributed by atoms with Crippen molar-refractivity contribution in [2.24, 2.45) is 0 Å². The first kappa shape index (κ1) is 17.7. The molecule has 0 saturated carbocycles. The highest BCUT2D eigenvalue weighted by Gasteiger charge is 2.38. The molecule has 0 saturated heterocycles. The fourth-order valence-electron chi connectivity index (χ4n) is 3.09. The molecule has 140 valence electrons. The van der Waals surface area contributed by atoms with E-state index in [0.717, 1.165) is 5.56 Å². The van der Waals surface area contributed by atoms with Gasteiger partial charge in [0.15, 0.2) is 0 Å². The third kappa shape index (κ3) is 3.32. The van der Waals surface area contributed by atoms with Crippen molar-refractivity contribution in [3.05, 3.63) is 78.1 Å². The quantitative estimate of drug-likeness (QED) is 0.712. The van der Waals surface area contributed by atoms with Gasteiger partial charge < -0.3 is 15.4 Å². The number of fused-ring (bicyclic) bond motifs is 1. The van der Waals surface area contributed by atoms with Gasteiger partial charge in [0.05, 0.1) is 11.6 Å². The minimum absolute atomic E-state index is 0.0655. The van der Waals surface area contributed by atoms with Crippen LogP contribution in [0, 0.1) is 0 Å². The largest absolute Gasteiger partial charge is 0.456 e. The summed E-state index contributed by atoms with van der Waals surface area (Å²) < 4.78 is 5.69. The van der Waals surface area contributed by atoms with Crippen LogP contribution in [-0.4, -0.2) is 16.8 Å². The van der Waals surface area contributed by atoms with E-state index in [-0.39, 0.29) is 11.8 Å². The summed E-state index contributed by atoms with van der Waals surface area (Å²) in [5, 5.41) is 5.69. The molecule has 2 amide bonds. The molecule has 0 bridgehead atoms. The van der Waals surface area contributed by atoms with Crippen LogP contribution in [0.3, 0.4) is 0 Å². The zero-order valence-electron chi connectivity index (χ0n) is 15.5. The number of benzene rings is 2. The van der Waals surface area contributed by atoms with Crippen molar-refractivity contribution in [2.45, 2.75) is 19.3 Å². The van der Waals surface area contributed by atoms with Crippen LogP contribution >= 0.6 is 0 Å². The maximum absolute atomic E-state index is 12.6. The number of nitrogens with one attached hydrogen (secondary N) is 2. The minimum Gasteiger partial charge on any atom is -0.456 e.